The van der Waals surface area contributed by atoms with Gasteiger partial charge in [0.2, 0.25) is 0 Å². The number of hydrogen-bond donors (Lipinski definition) is 0. The Bertz CT molecular complexity index is 1010. The Morgan fingerprint density at radius 1 is 0.684 bits per heavy atom. The van der Waals surface area contributed by atoms with Gasteiger partial charge >= 0.3 is 12.4 Å². The predicted octanol–water partition coefficient (Wildman–Crippen LogP) is 7.75. The molecule has 0 bridgehead atoms. The number of anilines is 2. The first-order valence-corrected chi connectivity index (χ1v) is 12.7. The van der Waals surface area contributed by atoms with Crippen LogP contribution >= 0.6 is 0 Å². The molecule has 0 aliphatic carbocycles. The molecule has 10 heteroatoms. The van der Waals surface area contributed by atoms with Crippen LogP contribution in [0.1, 0.15) is 66.2 Å². The number of allylic oxidation sites excluding steroid dienone is 2. The highest BCUT2D eigenvalue weighted by molar-refractivity contribution is 5.98. The average Bonchev–Trinajstić information content (AvgIpc) is 2.80. The number of benzene rings is 1. The quantitative estimate of drug-likeness (QED) is 0.314. The third-order valence-electron chi connectivity index (χ3n) is 7.37. The van der Waals surface area contributed by atoms with Gasteiger partial charge in [0, 0.05) is 60.9 Å². The Balaban J connectivity index is 1.79. The van der Waals surface area contributed by atoms with E-state index in [9.17, 15) is 35.9 Å². The summed E-state index contributed by atoms with van der Waals surface area (Å²) in [5, 5.41) is 0. The number of alkyl halides is 6. The second-order valence-corrected chi connectivity index (χ2v) is 11.3. The summed E-state index contributed by atoms with van der Waals surface area (Å²) in [4.78, 5) is 29.0. The lowest BCUT2D eigenvalue weighted by Crippen LogP contribution is -2.35. The van der Waals surface area contributed by atoms with Crippen LogP contribution in [0, 0.1) is 10.8 Å². The zero-order valence-corrected chi connectivity index (χ0v) is 22.1. The Hall–Kier alpha value is -2.78. The van der Waals surface area contributed by atoms with Gasteiger partial charge in [0.05, 0.1) is 12.8 Å². The molecule has 2 heterocycles. The van der Waals surface area contributed by atoms with E-state index in [-0.39, 0.29) is 0 Å². The van der Waals surface area contributed by atoms with Crippen molar-refractivity contribution in [1.29, 1.82) is 0 Å². The second-order valence-electron chi connectivity index (χ2n) is 11.3. The molecule has 38 heavy (non-hydrogen) atoms. The minimum atomic E-state index is -4.40. The van der Waals surface area contributed by atoms with E-state index in [0.717, 1.165) is 11.4 Å². The summed E-state index contributed by atoms with van der Waals surface area (Å²) >= 11 is 0. The van der Waals surface area contributed by atoms with E-state index in [1.54, 1.807) is 12.4 Å². The van der Waals surface area contributed by atoms with Crippen LogP contribution in [0.2, 0.25) is 0 Å². The summed E-state index contributed by atoms with van der Waals surface area (Å²) in [6, 6.07) is 7.28. The fraction of sp³-hybridized carbons (Fsp3) is 0.571. The molecule has 0 amide bonds. The monoisotopic (exact) mass is 544 g/mol. The Morgan fingerprint density at radius 2 is 1.00 bits per heavy atom. The van der Waals surface area contributed by atoms with Gasteiger partial charge in [-0.2, -0.15) is 26.3 Å². The Labute approximate surface area is 219 Å². The van der Waals surface area contributed by atoms with Gasteiger partial charge in [-0.3, -0.25) is 9.59 Å². The van der Waals surface area contributed by atoms with Crippen LogP contribution in [0.25, 0.3) is 0 Å². The van der Waals surface area contributed by atoms with Crippen LogP contribution in [-0.2, 0) is 9.59 Å². The van der Waals surface area contributed by atoms with Crippen LogP contribution < -0.4 is 9.80 Å². The molecular formula is C28H34F6N2O2. The lowest BCUT2D eigenvalue weighted by molar-refractivity contribution is -0.142. The maximum Gasteiger partial charge on any atom is 0.389 e. The molecule has 2 aliphatic heterocycles. The summed E-state index contributed by atoms with van der Waals surface area (Å²) < 4.78 is 75.9. The summed E-state index contributed by atoms with van der Waals surface area (Å²) in [5.74, 6) is -1.03. The first-order valence-electron chi connectivity index (χ1n) is 12.7. The van der Waals surface area contributed by atoms with Gasteiger partial charge in [-0.1, -0.05) is 27.7 Å². The molecule has 0 N–H and O–H groups in total. The number of nitrogens with zero attached hydrogens (tertiary/aromatic N) is 2. The first-order chi connectivity index (χ1) is 17.4. The van der Waals surface area contributed by atoms with Crippen molar-refractivity contribution in [2.45, 2.75) is 78.6 Å². The fourth-order valence-electron chi connectivity index (χ4n) is 4.78. The Morgan fingerprint density at radius 3 is 1.29 bits per heavy atom. The van der Waals surface area contributed by atoms with Crippen LogP contribution in [-0.4, -0.2) is 37.0 Å². The maximum absolute atomic E-state index is 12.7. The molecule has 0 radical (unpaired) electrons. The minimum Gasteiger partial charge on any atom is -0.348 e. The summed E-state index contributed by atoms with van der Waals surface area (Å²) in [7, 11) is 0. The maximum atomic E-state index is 12.7. The number of halogens is 6. The zero-order valence-electron chi connectivity index (χ0n) is 22.1. The van der Waals surface area contributed by atoms with Gasteiger partial charge in [-0.05, 0) is 47.9 Å². The highest BCUT2D eigenvalue weighted by Gasteiger charge is 2.37. The molecule has 4 nitrogen and oxygen atoms in total. The molecular weight excluding hydrogens is 510 g/mol. The molecule has 210 valence electrons. The molecule has 0 atom stereocenters. The number of Topliss-reactive ketones (excluding diaryl/α,β-unsaturated/α-hetero) is 2. The molecule has 1 aromatic carbocycles. The molecule has 3 rings (SSSR count). The van der Waals surface area contributed by atoms with Gasteiger partial charge < -0.3 is 9.80 Å². The van der Waals surface area contributed by atoms with Gasteiger partial charge in [0.15, 0.2) is 11.6 Å². The van der Waals surface area contributed by atoms with Crippen LogP contribution in [0.4, 0.5) is 37.7 Å². The van der Waals surface area contributed by atoms with E-state index in [1.807, 2.05) is 61.8 Å². The SMILES string of the molecule is CC1(C)CCN(c2ccc(N3C=C(C(=O)CCC(F)(F)F)C(C)(C)CC3)cc2)C=C1C(=O)CCC(F)(F)F. The molecule has 0 unspecified atom stereocenters. The third-order valence-corrected chi connectivity index (χ3v) is 7.37. The van der Waals surface area contributed by atoms with Gasteiger partial charge in [-0.15, -0.1) is 0 Å². The van der Waals surface area contributed by atoms with Crippen molar-refractivity contribution in [3.05, 3.63) is 47.8 Å². The molecule has 0 saturated heterocycles. The van der Waals surface area contributed by atoms with Crippen LogP contribution in [0.5, 0.6) is 0 Å². The number of carbonyl (C=O) groups is 2. The van der Waals surface area contributed by atoms with Crippen molar-refractivity contribution < 1.29 is 35.9 Å². The van der Waals surface area contributed by atoms with Gasteiger partial charge in [-0.25, -0.2) is 0 Å². The summed E-state index contributed by atoms with van der Waals surface area (Å²) in [6.45, 7) is 8.56. The number of ketones is 2. The highest BCUT2D eigenvalue weighted by atomic mass is 19.4. The van der Waals surface area contributed by atoms with Gasteiger partial charge in [0.1, 0.15) is 0 Å². The summed E-state index contributed by atoms with van der Waals surface area (Å²) in [5.41, 5.74) is 1.15. The van der Waals surface area contributed by atoms with Crippen molar-refractivity contribution in [1.82, 2.24) is 0 Å². The summed E-state index contributed by atoms with van der Waals surface area (Å²) in [6.07, 6.45) is -7.84. The highest BCUT2D eigenvalue weighted by Crippen LogP contribution is 2.40. The number of carbonyl (C=O) groups excluding carboxylic acids is 2. The van der Waals surface area contributed by atoms with E-state index in [0.29, 0.717) is 37.1 Å². The molecule has 0 saturated carbocycles. The van der Waals surface area contributed by atoms with Crippen LogP contribution in [0.3, 0.4) is 0 Å². The lowest BCUT2D eigenvalue weighted by Gasteiger charge is -2.38. The average molecular weight is 545 g/mol. The van der Waals surface area contributed by atoms with E-state index >= 15 is 0 Å². The van der Waals surface area contributed by atoms with Gasteiger partial charge in [0.25, 0.3) is 0 Å². The molecule has 1 aromatic rings. The predicted molar refractivity (Wildman–Crippen MR) is 135 cm³/mol. The smallest absolute Gasteiger partial charge is 0.348 e. The zero-order chi connectivity index (χ0) is 28.5. The minimum absolute atomic E-state index is 0.361. The molecule has 0 aromatic heterocycles. The number of rotatable bonds is 8. The van der Waals surface area contributed by atoms with Crippen molar-refractivity contribution in [3.8, 4) is 0 Å². The van der Waals surface area contributed by atoms with Crippen molar-refractivity contribution in [2.24, 2.45) is 10.8 Å². The second kappa shape index (κ2) is 10.8. The van der Waals surface area contributed by atoms with E-state index in [4.69, 9.17) is 0 Å². The molecule has 0 spiro atoms. The molecule has 0 fully saturated rings. The van der Waals surface area contributed by atoms with Crippen LogP contribution in [0.15, 0.2) is 47.8 Å². The third kappa shape index (κ3) is 7.63. The standard InChI is InChI=1S/C28H34F6N2O2/c1-25(2)13-15-35(17-21(25)23(37)9-11-27(29,30)31)19-5-7-20(8-6-19)36-16-14-26(3,4)22(18-36)24(38)10-12-28(32,33)34/h5-8,17-18H,9-16H2,1-4H3. The number of hydrogen-bond acceptors (Lipinski definition) is 4. The van der Waals surface area contributed by atoms with E-state index in [2.05, 4.69) is 0 Å². The lowest BCUT2D eigenvalue weighted by atomic mass is 9.76. The largest absolute Gasteiger partial charge is 0.389 e. The normalized spacial score (nSPS) is 19.6. The van der Waals surface area contributed by atoms with Crippen molar-refractivity contribution >= 4 is 22.9 Å². The first kappa shape index (κ1) is 29.8. The topological polar surface area (TPSA) is 40.6 Å². The van der Waals surface area contributed by atoms with E-state index < -0.39 is 60.4 Å². The Kier molecular flexibility index (Phi) is 8.44. The van der Waals surface area contributed by atoms with E-state index in [1.165, 1.54) is 0 Å². The fourth-order valence-corrected chi connectivity index (χ4v) is 4.78. The molecule has 2 aliphatic rings. The van der Waals surface area contributed by atoms with Crippen molar-refractivity contribution in [2.75, 3.05) is 22.9 Å². The van der Waals surface area contributed by atoms with Crippen molar-refractivity contribution in [3.63, 3.8) is 0 Å².